The summed E-state index contributed by atoms with van der Waals surface area (Å²) in [4.78, 5) is 24.1. The average molecular weight is 833 g/mol. The van der Waals surface area contributed by atoms with Gasteiger partial charge < -0.3 is 11.3 Å². The number of phenols is 1. The summed E-state index contributed by atoms with van der Waals surface area (Å²) in [6.07, 6.45) is 0.853. The van der Waals surface area contributed by atoms with Gasteiger partial charge in [-0.25, -0.2) is 0 Å². The maximum atomic E-state index is 12.2. The Morgan fingerprint density at radius 1 is 0.649 bits per heavy atom. The summed E-state index contributed by atoms with van der Waals surface area (Å²) >= 11 is 0. The molecule has 10 nitrogen and oxygen atoms in total. The molecule has 4 aromatic rings. The molecule has 5 rings (SSSR count). The largest absolute Gasteiger partial charge is 1.00 e. The van der Waals surface area contributed by atoms with Crippen LogP contribution >= 0.6 is 0 Å². The van der Waals surface area contributed by atoms with Crippen molar-refractivity contribution in [3.05, 3.63) is 131 Å². The zero-order chi connectivity index (χ0) is 40.0. The van der Waals surface area contributed by atoms with Gasteiger partial charge >= 0.3 is 18.9 Å². The Kier molecular flexibility index (Phi) is 48.2. The molecule has 0 aromatic heterocycles. The van der Waals surface area contributed by atoms with Crippen LogP contribution in [-0.4, -0.2) is 62.8 Å². The van der Waals surface area contributed by atoms with E-state index in [-0.39, 0.29) is 91.8 Å². The smallest absolute Gasteiger partial charge is 1.00 e. The van der Waals surface area contributed by atoms with Gasteiger partial charge in [-0.2, -0.15) is 16.8 Å². The van der Waals surface area contributed by atoms with Gasteiger partial charge in [-0.1, -0.05) is 146 Å². The maximum absolute atomic E-state index is 12.2. The first-order valence-corrected chi connectivity index (χ1v) is 20.7. The second-order valence-electron chi connectivity index (χ2n) is 9.39. The molecule has 13 heteroatoms. The molecule has 1 aliphatic rings. The van der Waals surface area contributed by atoms with Gasteiger partial charge in [0.2, 0.25) is 0 Å². The van der Waals surface area contributed by atoms with Gasteiger partial charge in [0.15, 0.2) is 11.6 Å². The number of rotatable bonds is 9. The van der Waals surface area contributed by atoms with Gasteiger partial charge in [-0.3, -0.25) is 18.3 Å². The molecule has 0 atom stereocenters. The van der Waals surface area contributed by atoms with Crippen molar-refractivity contribution in [1.29, 1.82) is 0 Å². The maximum Gasteiger partial charge on any atom is 1.00 e. The molecule has 322 valence electrons. The van der Waals surface area contributed by atoms with Gasteiger partial charge in [0.1, 0.15) is 11.5 Å². The first-order valence-electron chi connectivity index (χ1n) is 17.5. The van der Waals surface area contributed by atoms with E-state index in [1.807, 2.05) is 79.7 Å². The van der Waals surface area contributed by atoms with Crippen molar-refractivity contribution in [2.45, 2.75) is 97.9 Å². The van der Waals surface area contributed by atoms with E-state index in [1.165, 1.54) is 12.1 Å². The van der Waals surface area contributed by atoms with Crippen molar-refractivity contribution in [3.63, 3.8) is 0 Å². The SMILES string of the molecule is C.C.C.C.CC.CC.CC.CC.O=C(c1ccccc1)c1ccc(O)cc1.O=C(c1ccccc1)c1ccc(OCCCS(=O)(=O)O)cc1.O=S1(=O)CCCO1.[H-].[Li+]. The van der Waals surface area contributed by atoms with Crippen LogP contribution in [0, 0.1) is 0 Å². The second kappa shape index (κ2) is 40.4. The minimum atomic E-state index is -3.95. The van der Waals surface area contributed by atoms with Crippen molar-refractivity contribution in [2.75, 3.05) is 24.7 Å². The number of carbonyl (C=O) groups excluding carboxylic acids is 2. The molecule has 1 fully saturated rings. The predicted octanol–water partition coefficient (Wildman–Crippen LogP) is 8.70. The number of ketones is 2. The number of hydrogen-bond donors (Lipinski definition) is 2. The van der Waals surface area contributed by atoms with Crippen molar-refractivity contribution >= 4 is 31.8 Å². The molecule has 0 saturated carbocycles. The van der Waals surface area contributed by atoms with Crippen LogP contribution in [0.1, 0.15) is 131 Å². The van der Waals surface area contributed by atoms with E-state index in [4.69, 9.17) is 14.4 Å². The van der Waals surface area contributed by atoms with Crippen LogP contribution in [0.15, 0.2) is 109 Å². The van der Waals surface area contributed by atoms with Crippen molar-refractivity contribution < 1.29 is 65.3 Å². The fourth-order valence-corrected chi connectivity index (χ4v) is 5.18. The van der Waals surface area contributed by atoms with Gasteiger partial charge in [-0.15, -0.1) is 0 Å². The molecule has 4 aromatic carbocycles. The monoisotopic (exact) mass is 832 g/mol. The third-order valence-electron chi connectivity index (χ3n) is 5.93. The van der Waals surface area contributed by atoms with Crippen LogP contribution in [0.5, 0.6) is 11.5 Å². The summed E-state index contributed by atoms with van der Waals surface area (Å²) in [6, 6.07) is 30.9. The molecule has 0 spiro atoms. The van der Waals surface area contributed by atoms with Crippen LogP contribution in [0.25, 0.3) is 0 Å². The fraction of sp³-hybridized carbons (Fsp3) is 0.409. The third kappa shape index (κ3) is 31.0. The van der Waals surface area contributed by atoms with Crippen molar-refractivity contribution in [2.24, 2.45) is 0 Å². The zero-order valence-corrected chi connectivity index (χ0v) is 34.2. The van der Waals surface area contributed by atoms with Gasteiger partial charge in [-0.05, 0) is 61.4 Å². The summed E-state index contributed by atoms with van der Waals surface area (Å²) < 4.78 is 59.8. The molecule has 0 radical (unpaired) electrons. The third-order valence-corrected chi connectivity index (χ3v) is 8.05. The summed E-state index contributed by atoms with van der Waals surface area (Å²) in [5.41, 5.74) is 2.41. The minimum absolute atomic E-state index is 0. The van der Waals surface area contributed by atoms with E-state index in [9.17, 15) is 26.4 Å². The van der Waals surface area contributed by atoms with Gasteiger partial charge in [0, 0.05) is 22.3 Å². The molecule has 57 heavy (non-hydrogen) atoms. The van der Waals surface area contributed by atoms with E-state index < -0.39 is 20.2 Å². The number of carbonyl (C=O) groups is 2. The molecular formula is C44H73LiO10S2. The normalized spacial score (nSPS) is 10.8. The molecule has 0 unspecified atom stereocenters. The van der Waals surface area contributed by atoms with Crippen molar-refractivity contribution in [3.8, 4) is 11.5 Å². The Morgan fingerprint density at radius 3 is 1.30 bits per heavy atom. The first kappa shape index (κ1) is 68.0. The zero-order valence-electron chi connectivity index (χ0n) is 33.6. The molecule has 1 heterocycles. The van der Waals surface area contributed by atoms with E-state index in [0.717, 1.165) is 0 Å². The van der Waals surface area contributed by atoms with Gasteiger partial charge in [0.05, 0.1) is 24.7 Å². The Balaban J connectivity index is -0.000000102. The molecule has 2 N–H and O–H groups in total. The number of benzene rings is 4. The van der Waals surface area contributed by atoms with Gasteiger partial charge in [0.25, 0.3) is 20.2 Å². The summed E-state index contributed by atoms with van der Waals surface area (Å²) in [5, 5.41) is 9.10. The molecule has 1 aliphatic heterocycles. The van der Waals surface area contributed by atoms with E-state index in [2.05, 4.69) is 4.18 Å². The predicted molar refractivity (Wildman–Crippen MR) is 239 cm³/mol. The van der Waals surface area contributed by atoms with Crippen LogP contribution < -0.4 is 23.6 Å². The van der Waals surface area contributed by atoms with Crippen LogP contribution in [0.4, 0.5) is 0 Å². The van der Waals surface area contributed by atoms with Crippen molar-refractivity contribution in [1.82, 2.24) is 0 Å². The number of ether oxygens (including phenoxy) is 1. The molecule has 0 aliphatic carbocycles. The van der Waals surface area contributed by atoms with Crippen LogP contribution in [0.3, 0.4) is 0 Å². The van der Waals surface area contributed by atoms with E-state index in [0.29, 0.717) is 41.0 Å². The summed E-state index contributed by atoms with van der Waals surface area (Å²) in [6.45, 7) is 16.5. The first-order chi connectivity index (χ1) is 24.9. The molecule has 1 saturated heterocycles. The van der Waals surface area contributed by atoms with E-state index in [1.54, 1.807) is 72.8 Å². The number of hydrogen-bond acceptors (Lipinski definition) is 9. The minimum Gasteiger partial charge on any atom is -1.00 e. The number of aromatic hydroxyl groups is 1. The topological polar surface area (TPSA) is 161 Å². The molecule has 0 amide bonds. The van der Waals surface area contributed by atoms with E-state index >= 15 is 0 Å². The Hall–Kier alpha value is -3.76. The standard InChI is InChI=1S/C16H16O5S.C13H10O2.C3H6O3S.4C2H6.4CH4.Li.H/c17-16(13-5-2-1-3-6-13)14-7-9-15(10-8-14)21-11-4-12-22(18,19)20;14-12-8-6-11(7-9-12)13(15)10-4-2-1-3-5-10;4-7(5)3-1-2-6-7;4*1-2;;;;;;/h1-3,5-10H,4,11-12H2,(H,18,19,20);1-9,14H;1-3H2;4*1-2H3;4*1H4;;/q;;;;;;;;;;;+1;-1. The Morgan fingerprint density at radius 2 is 1.00 bits per heavy atom. The average Bonchev–Trinajstić information content (AvgIpc) is 3.61. The van der Waals surface area contributed by atoms with Crippen LogP contribution in [0.2, 0.25) is 0 Å². The fourth-order valence-electron chi connectivity index (χ4n) is 3.74. The Labute approximate surface area is 361 Å². The van der Waals surface area contributed by atoms with Crippen LogP contribution in [-0.2, 0) is 24.4 Å². The molecule has 0 bridgehead atoms. The summed E-state index contributed by atoms with van der Waals surface area (Å²) in [5.74, 6) is 0.471. The number of phenolic OH excluding ortho intramolecular Hbond substituents is 1. The second-order valence-corrected chi connectivity index (χ2v) is 12.7. The quantitative estimate of drug-likeness (QED) is 0.0549. The Bertz CT molecular complexity index is 1710. The summed E-state index contributed by atoms with van der Waals surface area (Å²) in [7, 11) is -7.00. The molecular weight excluding hydrogens is 760 g/mol.